The molecule has 0 amide bonds. The average Bonchev–Trinajstić information content (AvgIpc) is 2.99. The summed E-state index contributed by atoms with van der Waals surface area (Å²) in [7, 11) is 0. The van der Waals surface area contributed by atoms with Crippen molar-refractivity contribution in [3.63, 3.8) is 0 Å². The molecule has 1 aliphatic carbocycles. The first kappa shape index (κ1) is 15.1. The predicted octanol–water partition coefficient (Wildman–Crippen LogP) is 3.30. The van der Waals surface area contributed by atoms with Gasteiger partial charge in [-0.1, -0.05) is 43.7 Å². The van der Waals surface area contributed by atoms with Crippen molar-refractivity contribution in [1.82, 2.24) is 5.32 Å². The third-order valence-electron chi connectivity index (χ3n) is 3.58. The van der Waals surface area contributed by atoms with Crippen molar-refractivity contribution in [2.24, 2.45) is 0 Å². The van der Waals surface area contributed by atoms with E-state index in [4.69, 9.17) is 9.47 Å². The van der Waals surface area contributed by atoms with E-state index >= 15 is 0 Å². The van der Waals surface area contributed by atoms with E-state index in [0.29, 0.717) is 12.7 Å². The zero-order valence-electron chi connectivity index (χ0n) is 12.1. The molecule has 0 spiro atoms. The predicted molar refractivity (Wildman–Crippen MR) is 82.0 cm³/mol. The average molecular weight is 275 g/mol. The van der Waals surface area contributed by atoms with Gasteiger partial charge >= 0.3 is 0 Å². The molecule has 0 atom stereocenters. The number of hydrogen-bond donors (Lipinski definition) is 1. The maximum absolute atomic E-state index is 5.83. The van der Waals surface area contributed by atoms with Crippen molar-refractivity contribution in [1.29, 1.82) is 0 Å². The highest BCUT2D eigenvalue weighted by molar-refractivity contribution is 5.33. The molecule has 20 heavy (non-hydrogen) atoms. The number of para-hydroxylation sites is 1. The number of ether oxygens (including phenoxy) is 2. The summed E-state index contributed by atoms with van der Waals surface area (Å²) in [5, 5.41) is 3.41. The van der Waals surface area contributed by atoms with E-state index in [1.165, 1.54) is 31.2 Å². The normalized spacial score (nSPS) is 15.4. The Kier molecular flexibility index (Phi) is 6.61. The van der Waals surface area contributed by atoms with Crippen LogP contribution < -0.4 is 10.1 Å². The molecule has 0 heterocycles. The molecule has 0 saturated heterocycles. The van der Waals surface area contributed by atoms with E-state index in [-0.39, 0.29) is 0 Å². The Morgan fingerprint density at radius 2 is 2.05 bits per heavy atom. The molecule has 0 aromatic heterocycles. The highest BCUT2D eigenvalue weighted by atomic mass is 16.5. The van der Waals surface area contributed by atoms with Crippen LogP contribution in [0.15, 0.2) is 36.9 Å². The fourth-order valence-electron chi connectivity index (χ4n) is 2.52. The van der Waals surface area contributed by atoms with Crippen LogP contribution in [-0.4, -0.2) is 25.9 Å². The molecule has 1 saturated carbocycles. The second-order valence-electron chi connectivity index (χ2n) is 5.16. The molecule has 3 heteroatoms. The minimum Gasteiger partial charge on any atom is -0.489 e. The summed E-state index contributed by atoms with van der Waals surface area (Å²) in [6, 6.07) is 8.11. The summed E-state index contributed by atoms with van der Waals surface area (Å²) >= 11 is 0. The van der Waals surface area contributed by atoms with Crippen molar-refractivity contribution in [2.45, 2.75) is 38.3 Å². The summed E-state index contributed by atoms with van der Waals surface area (Å²) in [5.41, 5.74) is 1.18. The monoisotopic (exact) mass is 275 g/mol. The first-order chi connectivity index (χ1) is 9.90. The second kappa shape index (κ2) is 8.77. The molecule has 0 radical (unpaired) electrons. The van der Waals surface area contributed by atoms with E-state index in [2.05, 4.69) is 18.0 Å². The molecule has 0 aliphatic heterocycles. The van der Waals surface area contributed by atoms with Crippen molar-refractivity contribution in [2.75, 3.05) is 19.8 Å². The number of benzene rings is 1. The molecule has 3 nitrogen and oxygen atoms in total. The Bertz CT molecular complexity index is 400. The molecule has 110 valence electrons. The van der Waals surface area contributed by atoms with Crippen LogP contribution >= 0.6 is 0 Å². The molecular weight excluding hydrogens is 250 g/mol. The SMILES string of the molecule is C=CCOc1ccccc1CNCCOC1CCCC1. The highest BCUT2D eigenvalue weighted by Crippen LogP contribution is 2.20. The van der Waals surface area contributed by atoms with Crippen LogP contribution in [0.2, 0.25) is 0 Å². The highest BCUT2D eigenvalue weighted by Gasteiger charge is 2.14. The van der Waals surface area contributed by atoms with Crippen molar-refractivity contribution < 1.29 is 9.47 Å². The van der Waals surface area contributed by atoms with Gasteiger partial charge in [-0.3, -0.25) is 0 Å². The van der Waals surface area contributed by atoms with Gasteiger partial charge < -0.3 is 14.8 Å². The van der Waals surface area contributed by atoms with Gasteiger partial charge in [0.1, 0.15) is 12.4 Å². The lowest BCUT2D eigenvalue weighted by Crippen LogP contribution is -2.22. The Hall–Kier alpha value is -1.32. The maximum atomic E-state index is 5.83. The lowest BCUT2D eigenvalue weighted by Gasteiger charge is -2.13. The quantitative estimate of drug-likeness (QED) is 0.554. The summed E-state index contributed by atoms with van der Waals surface area (Å²) in [6.07, 6.45) is 7.38. The molecule has 1 aliphatic rings. The van der Waals surface area contributed by atoms with Crippen LogP contribution in [-0.2, 0) is 11.3 Å². The molecule has 1 aromatic rings. The molecule has 0 bridgehead atoms. The Balaban J connectivity index is 1.66. The van der Waals surface area contributed by atoms with E-state index in [0.717, 1.165) is 25.4 Å². The molecule has 2 rings (SSSR count). The maximum Gasteiger partial charge on any atom is 0.124 e. The lowest BCUT2D eigenvalue weighted by molar-refractivity contribution is 0.0602. The van der Waals surface area contributed by atoms with Gasteiger partial charge in [0.2, 0.25) is 0 Å². The van der Waals surface area contributed by atoms with E-state index in [9.17, 15) is 0 Å². The van der Waals surface area contributed by atoms with Gasteiger partial charge in [-0.05, 0) is 18.9 Å². The largest absolute Gasteiger partial charge is 0.489 e. The molecule has 1 N–H and O–H groups in total. The molecular formula is C17H25NO2. The van der Waals surface area contributed by atoms with Crippen LogP contribution in [0.4, 0.5) is 0 Å². The van der Waals surface area contributed by atoms with E-state index in [1.807, 2.05) is 18.2 Å². The van der Waals surface area contributed by atoms with Crippen molar-refractivity contribution >= 4 is 0 Å². The van der Waals surface area contributed by atoms with Crippen LogP contribution in [0.25, 0.3) is 0 Å². The summed E-state index contributed by atoms with van der Waals surface area (Å²) in [5.74, 6) is 0.927. The van der Waals surface area contributed by atoms with Gasteiger partial charge in [-0.25, -0.2) is 0 Å². The third kappa shape index (κ3) is 4.99. The van der Waals surface area contributed by atoms with Crippen LogP contribution in [0.3, 0.4) is 0 Å². The smallest absolute Gasteiger partial charge is 0.124 e. The van der Waals surface area contributed by atoms with Crippen LogP contribution in [0.5, 0.6) is 5.75 Å². The van der Waals surface area contributed by atoms with Crippen LogP contribution in [0, 0.1) is 0 Å². The van der Waals surface area contributed by atoms with Gasteiger partial charge in [0.25, 0.3) is 0 Å². The van der Waals surface area contributed by atoms with Crippen molar-refractivity contribution in [3.8, 4) is 5.75 Å². The number of rotatable bonds is 9. The standard InChI is InChI=1S/C17H25NO2/c1-2-12-20-17-10-6-3-7-15(17)14-18-11-13-19-16-8-4-5-9-16/h2-3,6-7,10,16,18H,1,4-5,8-9,11-14H2. The molecule has 1 fully saturated rings. The zero-order valence-corrected chi connectivity index (χ0v) is 12.1. The topological polar surface area (TPSA) is 30.5 Å². The molecule has 0 unspecified atom stereocenters. The van der Waals surface area contributed by atoms with Gasteiger partial charge in [-0.2, -0.15) is 0 Å². The van der Waals surface area contributed by atoms with Crippen molar-refractivity contribution in [3.05, 3.63) is 42.5 Å². The van der Waals surface area contributed by atoms with Gasteiger partial charge in [-0.15, -0.1) is 0 Å². The first-order valence-electron chi connectivity index (χ1n) is 7.54. The van der Waals surface area contributed by atoms with Gasteiger partial charge in [0, 0.05) is 18.7 Å². The third-order valence-corrected chi connectivity index (χ3v) is 3.58. The van der Waals surface area contributed by atoms with Crippen LogP contribution in [0.1, 0.15) is 31.2 Å². The number of hydrogen-bond acceptors (Lipinski definition) is 3. The minimum atomic E-state index is 0.500. The second-order valence-corrected chi connectivity index (χ2v) is 5.16. The Morgan fingerprint density at radius 3 is 2.85 bits per heavy atom. The Morgan fingerprint density at radius 1 is 1.25 bits per heavy atom. The summed E-state index contributed by atoms with van der Waals surface area (Å²) in [6.45, 7) is 6.70. The minimum absolute atomic E-state index is 0.500. The fraction of sp³-hybridized carbons (Fsp3) is 0.529. The molecule has 1 aromatic carbocycles. The fourth-order valence-corrected chi connectivity index (χ4v) is 2.52. The summed E-state index contributed by atoms with van der Waals surface area (Å²) in [4.78, 5) is 0. The van der Waals surface area contributed by atoms with E-state index < -0.39 is 0 Å². The first-order valence-corrected chi connectivity index (χ1v) is 7.54. The lowest BCUT2D eigenvalue weighted by atomic mass is 10.2. The Labute approximate surface area is 122 Å². The summed E-state index contributed by atoms with van der Waals surface area (Å²) < 4.78 is 11.5. The van der Waals surface area contributed by atoms with E-state index in [1.54, 1.807) is 6.08 Å². The zero-order chi connectivity index (χ0) is 14.0. The van der Waals surface area contributed by atoms with Gasteiger partial charge in [0.15, 0.2) is 0 Å². The van der Waals surface area contributed by atoms with Gasteiger partial charge in [0.05, 0.1) is 12.7 Å². The number of nitrogens with one attached hydrogen (secondary N) is 1.